The van der Waals surface area contributed by atoms with Gasteiger partial charge in [0.05, 0.1) is 22.3 Å². The van der Waals surface area contributed by atoms with Gasteiger partial charge in [-0.15, -0.1) is 29.3 Å². The fraction of sp³-hybridized carbons (Fsp3) is 0.127. The Balaban J connectivity index is 0.00000514. The van der Waals surface area contributed by atoms with Crippen LogP contribution in [0.4, 0.5) is 0 Å². The molecule has 4 nitrogen and oxygen atoms in total. The van der Waals surface area contributed by atoms with Gasteiger partial charge in [0, 0.05) is 39.9 Å². The third-order valence-electron chi connectivity index (χ3n) is 11.1. The molecule has 5 heteroatoms. The van der Waals surface area contributed by atoms with Gasteiger partial charge in [-0.1, -0.05) is 167 Å². The summed E-state index contributed by atoms with van der Waals surface area (Å²) >= 11 is 0. The van der Waals surface area contributed by atoms with Gasteiger partial charge in [0.2, 0.25) is 0 Å². The first-order valence-electron chi connectivity index (χ1n) is 20.6. The van der Waals surface area contributed by atoms with Gasteiger partial charge < -0.3 is 5.11 Å². The molecule has 0 amide bonds. The Kier molecular flexibility index (Phi) is 10.9. The van der Waals surface area contributed by atoms with E-state index in [1.807, 2.05) is 68.6 Å². The number of aromatic nitrogens is 3. The predicted octanol–water partition coefficient (Wildman–Crippen LogP) is 14.3. The summed E-state index contributed by atoms with van der Waals surface area (Å²) in [6.07, 6.45) is 1.88. The van der Waals surface area contributed by atoms with Gasteiger partial charge in [0.25, 0.3) is 0 Å². The number of imidazole rings is 1. The first-order valence-corrected chi connectivity index (χ1v) is 20.1. The van der Waals surface area contributed by atoms with Crippen LogP contribution in [-0.4, -0.2) is 19.6 Å². The van der Waals surface area contributed by atoms with Crippen LogP contribution in [0, 0.1) is 6.07 Å². The summed E-state index contributed by atoms with van der Waals surface area (Å²) in [7, 11) is 0. The maximum absolute atomic E-state index is 11.4. The van der Waals surface area contributed by atoms with Gasteiger partial charge in [0.15, 0.2) is 0 Å². The molecule has 0 bridgehead atoms. The Bertz CT molecular complexity index is 3000. The number of pyridine rings is 1. The van der Waals surface area contributed by atoms with E-state index in [0.717, 1.165) is 72.5 Å². The van der Waals surface area contributed by atoms with Crippen LogP contribution in [0.5, 0.6) is 5.75 Å². The fourth-order valence-electron chi connectivity index (χ4n) is 7.82. The summed E-state index contributed by atoms with van der Waals surface area (Å²) in [5.41, 5.74) is 15.2. The van der Waals surface area contributed by atoms with Crippen LogP contribution in [0.15, 0.2) is 176 Å². The minimum Gasteiger partial charge on any atom is -0.507 e. The summed E-state index contributed by atoms with van der Waals surface area (Å²) in [5.74, 6) is -0.0461. The molecular formula is C55H46N3OPt-. The maximum Gasteiger partial charge on any atom is 0.148 e. The molecular weight excluding hydrogens is 914 g/mol. The van der Waals surface area contributed by atoms with Crippen molar-refractivity contribution in [3.8, 4) is 78.6 Å². The SMILES string of the molecule is [2H]C(C)(C)c1ccc(-n2c(-c3ccccc3O)nc3c(-c4[c-]c(-c5cc(-c6ccc(-c7ccccc7)cc6)ccn5)cc(C(C)(C)C)c4)cccc32)c(-c2ccccc2)c1.[Pt]. The fourth-order valence-corrected chi connectivity index (χ4v) is 7.82. The number of phenols is 1. The number of hydrogen-bond donors (Lipinski definition) is 1. The Labute approximate surface area is 369 Å². The zero-order valence-corrected chi connectivity index (χ0v) is 36.6. The van der Waals surface area contributed by atoms with Crippen molar-refractivity contribution in [1.82, 2.24) is 14.5 Å². The molecule has 0 aliphatic carbocycles. The van der Waals surface area contributed by atoms with E-state index in [-0.39, 0.29) is 32.2 Å². The third-order valence-corrected chi connectivity index (χ3v) is 11.1. The van der Waals surface area contributed by atoms with E-state index >= 15 is 0 Å². The van der Waals surface area contributed by atoms with Gasteiger partial charge in [-0.2, -0.15) is 0 Å². The minimum atomic E-state index is -0.806. The Morgan fingerprint density at radius 2 is 1.22 bits per heavy atom. The van der Waals surface area contributed by atoms with Crippen LogP contribution >= 0.6 is 0 Å². The maximum atomic E-state index is 11.4. The molecule has 0 saturated carbocycles. The van der Waals surface area contributed by atoms with E-state index in [9.17, 15) is 5.11 Å². The normalized spacial score (nSPS) is 11.9. The van der Waals surface area contributed by atoms with Gasteiger partial charge >= 0.3 is 0 Å². The molecule has 9 rings (SSSR count). The van der Waals surface area contributed by atoms with E-state index in [1.54, 1.807) is 6.07 Å². The average Bonchev–Trinajstić information content (AvgIpc) is 3.66. The molecule has 0 unspecified atom stereocenters. The summed E-state index contributed by atoms with van der Waals surface area (Å²) in [4.78, 5) is 10.3. The van der Waals surface area contributed by atoms with Crippen molar-refractivity contribution in [2.45, 2.75) is 45.9 Å². The van der Waals surface area contributed by atoms with Gasteiger partial charge in [-0.25, -0.2) is 4.98 Å². The van der Waals surface area contributed by atoms with Gasteiger partial charge in [0.1, 0.15) is 11.6 Å². The monoisotopic (exact) mass is 960 g/mol. The molecule has 0 aliphatic heterocycles. The van der Waals surface area contributed by atoms with Gasteiger partial charge in [-0.05, 0) is 81.1 Å². The minimum absolute atomic E-state index is 0. The number of para-hydroxylation sites is 2. The molecule has 9 aromatic rings. The van der Waals surface area contributed by atoms with Crippen molar-refractivity contribution in [1.29, 1.82) is 0 Å². The number of fused-ring (bicyclic) bond motifs is 1. The average molecular weight is 961 g/mol. The topological polar surface area (TPSA) is 50.9 Å². The van der Waals surface area contributed by atoms with E-state index in [2.05, 4.69) is 147 Å². The van der Waals surface area contributed by atoms with Crippen molar-refractivity contribution in [3.63, 3.8) is 0 Å². The van der Waals surface area contributed by atoms with Crippen LogP contribution < -0.4 is 0 Å². The Morgan fingerprint density at radius 1 is 0.600 bits per heavy atom. The van der Waals surface area contributed by atoms with E-state index in [1.165, 1.54) is 11.1 Å². The first kappa shape index (κ1) is 39.1. The second-order valence-electron chi connectivity index (χ2n) is 16.4. The zero-order valence-electron chi connectivity index (χ0n) is 35.3. The number of aromatic hydroxyl groups is 1. The largest absolute Gasteiger partial charge is 0.507 e. The van der Waals surface area contributed by atoms with E-state index < -0.39 is 5.89 Å². The summed E-state index contributed by atoms with van der Waals surface area (Å²) in [6, 6.07) is 61.7. The van der Waals surface area contributed by atoms with E-state index in [4.69, 9.17) is 11.3 Å². The van der Waals surface area contributed by atoms with Crippen LogP contribution in [0.3, 0.4) is 0 Å². The molecule has 7 aromatic carbocycles. The van der Waals surface area contributed by atoms with Crippen molar-refractivity contribution >= 4 is 11.0 Å². The molecule has 0 spiro atoms. The molecule has 60 heavy (non-hydrogen) atoms. The number of rotatable bonds is 8. The van der Waals surface area contributed by atoms with Crippen LogP contribution in [0.2, 0.25) is 0 Å². The molecule has 0 atom stereocenters. The standard InChI is InChI=1S/C55H46N3O.Pt/c1-36(2)41-27-28-50(48(34-41)40-17-10-7-11-18-40)58-51-21-14-20-46(53(51)57-54(58)47-19-12-13-22-52(47)59)43-31-44(33-45(32-43)55(3,4)5)49-35-42(29-30-56-49)39-25-23-38(24-26-39)37-15-8-6-9-16-37;/h6-30,32-36,59H,1-5H3;/q-1;/i36D;. The second kappa shape index (κ2) is 16.7. The number of benzene rings is 7. The summed E-state index contributed by atoms with van der Waals surface area (Å²) < 4.78 is 11.1. The smallest absolute Gasteiger partial charge is 0.148 e. The van der Waals surface area contributed by atoms with Crippen molar-refractivity contribution in [2.24, 2.45) is 0 Å². The quantitative estimate of drug-likeness (QED) is 0.154. The molecule has 298 valence electrons. The second-order valence-corrected chi connectivity index (χ2v) is 16.4. The molecule has 0 aliphatic rings. The first-order chi connectivity index (χ1) is 28.9. The Hall–Kier alpha value is -6.35. The molecule has 2 aromatic heterocycles. The third kappa shape index (κ3) is 7.88. The molecule has 0 saturated heterocycles. The van der Waals surface area contributed by atoms with Crippen LogP contribution in [0.25, 0.3) is 83.9 Å². The predicted molar refractivity (Wildman–Crippen MR) is 245 cm³/mol. The van der Waals surface area contributed by atoms with Gasteiger partial charge in [-0.3, -0.25) is 9.55 Å². The van der Waals surface area contributed by atoms with Crippen molar-refractivity contribution in [3.05, 3.63) is 193 Å². The number of nitrogens with zero attached hydrogens (tertiary/aromatic N) is 3. The van der Waals surface area contributed by atoms with Crippen LogP contribution in [-0.2, 0) is 26.5 Å². The van der Waals surface area contributed by atoms with Crippen molar-refractivity contribution in [2.75, 3.05) is 0 Å². The molecule has 0 fully saturated rings. The number of phenolic OH excluding ortho intramolecular Hbond substituents is 1. The van der Waals surface area contributed by atoms with Crippen molar-refractivity contribution < 1.29 is 27.5 Å². The summed E-state index contributed by atoms with van der Waals surface area (Å²) in [6.45, 7) is 10.5. The molecule has 1 N–H and O–H groups in total. The van der Waals surface area contributed by atoms with Crippen LogP contribution in [0.1, 0.15) is 53.0 Å². The molecule has 2 heterocycles. The zero-order chi connectivity index (χ0) is 41.6. The number of hydrogen-bond acceptors (Lipinski definition) is 3. The summed E-state index contributed by atoms with van der Waals surface area (Å²) in [5, 5.41) is 11.4. The Morgan fingerprint density at radius 3 is 1.90 bits per heavy atom. The molecule has 0 radical (unpaired) electrons. The van der Waals surface area contributed by atoms with E-state index in [0.29, 0.717) is 11.4 Å².